The monoisotopic (exact) mass is 521 g/mol. The number of ether oxygens (including phenoxy) is 2. The van der Waals surface area contributed by atoms with Crippen molar-refractivity contribution in [2.24, 2.45) is 7.05 Å². The molecular weight excluding hydrogens is 494 g/mol. The van der Waals surface area contributed by atoms with Gasteiger partial charge in [-0.05, 0) is 58.0 Å². The quantitative estimate of drug-likeness (QED) is 0.462. The van der Waals surface area contributed by atoms with Gasteiger partial charge in [-0.15, -0.1) is 0 Å². The second-order valence-corrected chi connectivity index (χ2v) is 9.35. The number of aromatic nitrogens is 2. The van der Waals surface area contributed by atoms with E-state index in [-0.39, 0.29) is 51.7 Å². The van der Waals surface area contributed by atoms with E-state index in [1.54, 1.807) is 4.90 Å². The molecule has 198 valence electrons. The number of hydrogen-bond acceptors (Lipinski definition) is 5. The first-order valence-corrected chi connectivity index (χ1v) is 11.8. The summed E-state index contributed by atoms with van der Waals surface area (Å²) in [7, 11) is 1.47. The Morgan fingerprint density at radius 2 is 1.81 bits per heavy atom. The van der Waals surface area contributed by atoms with Crippen molar-refractivity contribution in [2.75, 3.05) is 13.1 Å². The average Bonchev–Trinajstić information content (AvgIpc) is 2.81. The molecule has 0 aliphatic carbocycles. The number of carbonyl (C=O) groups excluding carboxylic acids is 1. The number of halogens is 4. The summed E-state index contributed by atoms with van der Waals surface area (Å²) in [4.78, 5) is 31.2. The van der Waals surface area contributed by atoms with Crippen LogP contribution < -0.4 is 10.3 Å². The molecule has 37 heavy (non-hydrogen) atoms. The molecule has 0 radical (unpaired) electrons. The Kier molecular flexibility index (Phi) is 7.02. The Morgan fingerprint density at radius 1 is 1.16 bits per heavy atom. The summed E-state index contributed by atoms with van der Waals surface area (Å²) in [6, 6.07) is 5.48. The molecule has 1 aromatic heterocycles. The van der Waals surface area contributed by atoms with E-state index in [2.05, 4.69) is 4.98 Å². The highest BCUT2D eigenvalue weighted by Crippen LogP contribution is 2.38. The van der Waals surface area contributed by atoms with Crippen molar-refractivity contribution >= 4 is 16.8 Å². The third-order valence-electron chi connectivity index (χ3n) is 6.40. The Bertz CT molecular complexity index is 1410. The summed E-state index contributed by atoms with van der Waals surface area (Å²) in [5, 5.41) is -0.0121. The summed E-state index contributed by atoms with van der Waals surface area (Å²) >= 11 is 0. The highest BCUT2D eigenvalue weighted by Gasteiger charge is 2.36. The molecule has 1 saturated heterocycles. The van der Waals surface area contributed by atoms with Crippen LogP contribution in [0.3, 0.4) is 0 Å². The predicted octanol–water partition coefficient (Wildman–Crippen LogP) is 4.79. The van der Waals surface area contributed by atoms with Crippen molar-refractivity contribution in [2.45, 2.75) is 52.2 Å². The molecule has 3 atom stereocenters. The molecule has 1 fully saturated rings. The summed E-state index contributed by atoms with van der Waals surface area (Å²) in [6.45, 7) is 7.24. The molecule has 4 rings (SSSR count). The minimum Gasteiger partial charge on any atom is -0.483 e. The number of nitrogens with zero attached hydrogens (tertiary/aromatic N) is 3. The van der Waals surface area contributed by atoms with Gasteiger partial charge in [0.05, 0.1) is 28.7 Å². The van der Waals surface area contributed by atoms with Crippen molar-refractivity contribution in [3.8, 4) is 5.75 Å². The van der Waals surface area contributed by atoms with Gasteiger partial charge in [0.15, 0.2) is 11.6 Å². The van der Waals surface area contributed by atoms with Crippen LogP contribution in [0.5, 0.6) is 5.75 Å². The maximum absolute atomic E-state index is 15.0. The topological polar surface area (TPSA) is 73.7 Å². The van der Waals surface area contributed by atoms with Crippen LogP contribution in [0.1, 0.15) is 54.2 Å². The third kappa shape index (κ3) is 5.31. The lowest BCUT2D eigenvalue weighted by atomic mass is 9.99. The molecular formula is C26H27F4N3O4. The minimum atomic E-state index is -4.76. The number of carbonyl (C=O) groups is 1. The van der Waals surface area contributed by atoms with Gasteiger partial charge in [-0.2, -0.15) is 13.2 Å². The zero-order chi connectivity index (χ0) is 27.2. The number of aryl methyl sites for hydroxylation is 1. The molecule has 0 saturated carbocycles. The Hall–Kier alpha value is -3.47. The lowest BCUT2D eigenvalue weighted by Gasteiger charge is -2.35. The SMILES string of the molecule is Cc1nc2cc(C(F)(F)F)c([C@H](C)Oc3ccc(C(=O)N4C[C@@H](C)O[C@@H](C)C4)cc3F)cc2c(=O)n1C. The summed E-state index contributed by atoms with van der Waals surface area (Å²) in [5.74, 6) is -1.33. The van der Waals surface area contributed by atoms with E-state index < -0.39 is 29.2 Å². The standard InChI is InChI=1S/C26H27F4N3O4/c1-13-11-33(12-14(2)36-13)24(34)17-6-7-23(21(27)8-17)37-15(3)18-9-19-22(10-20(18)26(28,29)30)31-16(4)32(5)25(19)35/h6-10,13-15H,11-12H2,1-5H3/t13-,14+,15-/m0/s1. The van der Waals surface area contributed by atoms with Crippen molar-refractivity contribution < 1.29 is 31.8 Å². The van der Waals surface area contributed by atoms with E-state index in [1.807, 2.05) is 13.8 Å². The van der Waals surface area contributed by atoms with Crippen molar-refractivity contribution in [3.05, 3.63) is 69.0 Å². The third-order valence-corrected chi connectivity index (χ3v) is 6.40. The molecule has 11 heteroatoms. The van der Waals surface area contributed by atoms with Gasteiger partial charge in [-0.25, -0.2) is 9.37 Å². The molecule has 0 spiro atoms. The maximum atomic E-state index is 15.0. The van der Waals surface area contributed by atoms with Crippen molar-refractivity contribution in [1.29, 1.82) is 0 Å². The lowest BCUT2D eigenvalue weighted by Crippen LogP contribution is -2.48. The van der Waals surface area contributed by atoms with Crippen LogP contribution in [0.25, 0.3) is 10.9 Å². The average molecular weight is 522 g/mol. The van der Waals surface area contributed by atoms with Gasteiger partial charge in [0.1, 0.15) is 11.9 Å². The molecule has 3 aromatic rings. The Balaban J connectivity index is 1.65. The maximum Gasteiger partial charge on any atom is 0.416 e. The fourth-order valence-electron chi connectivity index (χ4n) is 4.54. The number of benzene rings is 2. The van der Waals surface area contributed by atoms with E-state index in [9.17, 15) is 27.2 Å². The predicted molar refractivity (Wildman–Crippen MR) is 128 cm³/mol. The number of hydrogen-bond donors (Lipinski definition) is 0. The fraction of sp³-hybridized carbons (Fsp3) is 0.423. The number of morpholine rings is 1. The van der Waals surface area contributed by atoms with Gasteiger partial charge in [0, 0.05) is 31.3 Å². The second-order valence-electron chi connectivity index (χ2n) is 9.35. The Morgan fingerprint density at radius 3 is 2.41 bits per heavy atom. The van der Waals surface area contributed by atoms with Gasteiger partial charge in [-0.3, -0.25) is 14.2 Å². The van der Waals surface area contributed by atoms with E-state index in [0.29, 0.717) is 13.1 Å². The molecule has 1 aliphatic heterocycles. The second kappa shape index (κ2) is 9.77. The number of amides is 1. The largest absolute Gasteiger partial charge is 0.483 e. The van der Waals surface area contributed by atoms with Crippen LogP contribution in [0, 0.1) is 12.7 Å². The van der Waals surface area contributed by atoms with E-state index in [1.165, 1.54) is 37.6 Å². The zero-order valence-electron chi connectivity index (χ0n) is 21.0. The number of alkyl halides is 3. The van der Waals surface area contributed by atoms with Crippen LogP contribution in [0.2, 0.25) is 0 Å². The van der Waals surface area contributed by atoms with Gasteiger partial charge in [0.2, 0.25) is 0 Å². The van der Waals surface area contributed by atoms with Crippen molar-refractivity contribution in [1.82, 2.24) is 14.5 Å². The summed E-state index contributed by atoms with van der Waals surface area (Å²) < 4.78 is 69.1. The smallest absolute Gasteiger partial charge is 0.416 e. The molecule has 2 aromatic carbocycles. The molecule has 1 amide bonds. The first kappa shape index (κ1) is 26.6. The summed E-state index contributed by atoms with van der Waals surface area (Å²) in [6.07, 6.45) is -6.37. The molecule has 2 heterocycles. The van der Waals surface area contributed by atoms with Crippen LogP contribution in [0.4, 0.5) is 17.6 Å². The normalized spacial score (nSPS) is 19.2. The summed E-state index contributed by atoms with van der Waals surface area (Å²) in [5.41, 5.74) is -1.88. The van der Waals surface area contributed by atoms with Crippen molar-refractivity contribution in [3.63, 3.8) is 0 Å². The highest BCUT2D eigenvalue weighted by molar-refractivity contribution is 5.94. The first-order chi connectivity index (χ1) is 17.3. The number of rotatable bonds is 4. The molecule has 0 bridgehead atoms. The minimum absolute atomic E-state index is 0.0121. The van der Waals surface area contributed by atoms with Gasteiger partial charge in [0.25, 0.3) is 11.5 Å². The van der Waals surface area contributed by atoms with Crippen LogP contribution >= 0.6 is 0 Å². The van der Waals surface area contributed by atoms with E-state index in [0.717, 1.165) is 18.2 Å². The molecule has 0 unspecified atom stereocenters. The van der Waals surface area contributed by atoms with E-state index >= 15 is 0 Å². The van der Waals surface area contributed by atoms with Crippen LogP contribution in [-0.2, 0) is 18.0 Å². The van der Waals surface area contributed by atoms with Gasteiger partial charge in [-0.1, -0.05) is 0 Å². The van der Waals surface area contributed by atoms with Gasteiger partial charge >= 0.3 is 6.18 Å². The fourth-order valence-corrected chi connectivity index (χ4v) is 4.54. The van der Waals surface area contributed by atoms with Gasteiger partial charge < -0.3 is 14.4 Å². The zero-order valence-corrected chi connectivity index (χ0v) is 21.0. The van der Waals surface area contributed by atoms with Crippen LogP contribution in [-0.4, -0.2) is 45.7 Å². The molecule has 1 aliphatic rings. The lowest BCUT2D eigenvalue weighted by molar-refractivity contribution is -0.138. The first-order valence-electron chi connectivity index (χ1n) is 11.8. The Labute approximate surface area is 210 Å². The molecule has 7 nitrogen and oxygen atoms in total. The molecule has 0 N–H and O–H groups in total. The van der Waals surface area contributed by atoms with E-state index in [4.69, 9.17) is 9.47 Å². The number of fused-ring (bicyclic) bond motifs is 1. The highest BCUT2D eigenvalue weighted by atomic mass is 19.4. The van der Waals surface area contributed by atoms with Crippen LogP contribution in [0.15, 0.2) is 35.1 Å².